The maximum absolute atomic E-state index is 12.1. The van der Waals surface area contributed by atoms with Gasteiger partial charge in [0.15, 0.2) is 15.6 Å². The van der Waals surface area contributed by atoms with Crippen LogP contribution < -0.4 is 0 Å². The van der Waals surface area contributed by atoms with Crippen molar-refractivity contribution in [3.8, 4) is 0 Å². The Morgan fingerprint density at radius 1 is 1.37 bits per heavy atom. The van der Waals surface area contributed by atoms with E-state index >= 15 is 0 Å². The zero-order valence-electron chi connectivity index (χ0n) is 9.41. The van der Waals surface area contributed by atoms with Gasteiger partial charge >= 0.3 is 5.97 Å². The second kappa shape index (κ2) is 5.02. The van der Waals surface area contributed by atoms with Crippen molar-refractivity contribution in [2.45, 2.75) is 10.6 Å². The Hall–Kier alpha value is -1.86. The zero-order valence-corrected chi connectivity index (χ0v) is 11.0. The number of carboxylic acid groups (broad SMARTS) is 1. The average Bonchev–Trinajstić information content (AvgIpc) is 2.76. The van der Waals surface area contributed by atoms with Crippen molar-refractivity contribution in [3.63, 3.8) is 0 Å². The summed E-state index contributed by atoms with van der Waals surface area (Å²) in [5.74, 6) is -2.14. The molecule has 2 rings (SSSR count). The molecule has 0 saturated carbocycles. The third kappa shape index (κ3) is 2.77. The highest BCUT2D eigenvalue weighted by molar-refractivity contribution is 7.90. The summed E-state index contributed by atoms with van der Waals surface area (Å²) in [5, 5.41) is 12.2. The molecule has 100 valence electrons. The van der Waals surface area contributed by atoms with Crippen LogP contribution >= 0.6 is 11.6 Å². The van der Waals surface area contributed by atoms with E-state index in [9.17, 15) is 13.2 Å². The first-order valence-electron chi connectivity index (χ1n) is 5.06. The van der Waals surface area contributed by atoms with Crippen LogP contribution in [0.1, 0.15) is 16.1 Å². The summed E-state index contributed by atoms with van der Waals surface area (Å²) in [4.78, 5) is 10.8. The van der Waals surface area contributed by atoms with E-state index in [-0.39, 0.29) is 21.2 Å². The van der Waals surface area contributed by atoms with E-state index in [0.717, 1.165) is 6.20 Å². The van der Waals surface area contributed by atoms with Crippen molar-refractivity contribution in [2.24, 2.45) is 0 Å². The van der Waals surface area contributed by atoms with Crippen LogP contribution in [0.2, 0.25) is 5.02 Å². The summed E-state index contributed by atoms with van der Waals surface area (Å²) in [7, 11) is -3.80. The summed E-state index contributed by atoms with van der Waals surface area (Å²) in [6, 6.07) is 5.90. The predicted molar refractivity (Wildman–Crippen MR) is 65.8 cm³/mol. The van der Waals surface area contributed by atoms with Gasteiger partial charge in [0.25, 0.3) is 0 Å². The normalized spacial score (nSPS) is 11.4. The van der Waals surface area contributed by atoms with Crippen LogP contribution in [-0.2, 0) is 15.6 Å². The van der Waals surface area contributed by atoms with Crippen molar-refractivity contribution < 1.29 is 22.8 Å². The number of nitrogens with zero attached hydrogens (tertiary/aromatic N) is 1. The topological polar surface area (TPSA) is 97.5 Å². The van der Waals surface area contributed by atoms with E-state index in [4.69, 9.17) is 16.7 Å². The van der Waals surface area contributed by atoms with E-state index in [1.54, 1.807) is 6.07 Å². The number of sulfone groups is 1. The number of hydrogen-bond donors (Lipinski definition) is 1. The maximum Gasteiger partial charge on any atom is 0.341 e. The smallest absolute Gasteiger partial charge is 0.341 e. The molecule has 0 radical (unpaired) electrons. The van der Waals surface area contributed by atoms with Crippen LogP contribution in [0, 0.1) is 0 Å². The summed E-state index contributed by atoms with van der Waals surface area (Å²) in [6.07, 6.45) is 0.958. The lowest BCUT2D eigenvalue weighted by molar-refractivity contribution is 0.0695. The van der Waals surface area contributed by atoms with E-state index in [0.29, 0.717) is 0 Å². The number of rotatable bonds is 4. The fraction of sp³-hybridized carbons (Fsp3) is 0.0909. The van der Waals surface area contributed by atoms with Gasteiger partial charge < -0.3 is 9.63 Å². The lowest BCUT2D eigenvalue weighted by Crippen LogP contribution is -2.08. The van der Waals surface area contributed by atoms with Crippen LogP contribution in [0.4, 0.5) is 0 Å². The molecule has 2 aromatic rings. The number of aromatic nitrogens is 1. The van der Waals surface area contributed by atoms with E-state index < -0.39 is 21.6 Å². The molecule has 19 heavy (non-hydrogen) atoms. The highest BCUT2D eigenvalue weighted by Gasteiger charge is 2.25. The van der Waals surface area contributed by atoms with Crippen LogP contribution in [0.5, 0.6) is 0 Å². The lowest BCUT2D eigenvalue weighted by atomic mass is 10.3. The minimum Gasteiger partial charge on any atom is -0.478 e. The standard InChI is InChI=1S/C11H8ClNO5S/c12-8-3-1-2-4-10(8)19(16,17)6-9-7(11(14)15)5-13-18-9/h1-5H,6H2,(H,14,15). The number of carbonyl (C=O) groups is 1. The molecular weight excluding hydrogens is 294 g/mol. The van der Waals surface area contributed by atoms with Gasteiger partial charge in [0.1, 0.15) is 11.3 Å². The summed E-state index contributed by atoms with van der Waals surface area (Å²) < 4.78 is 28.9. The number of hydrogen-bond acceptors (Lipinski definition) is 5. The molecular formula is C11H8ClNO5S. The van der Waals surface area contributed by atoms with Gasteiger partial charge in [-0.05, 0) is 12.1 Å². The SMILES string of the molecule is O=C(O)c1cnoc1CS(=O)(=O)c1ccccc1Cl. The van der Waals surface area contributed by atoms with Crippen LogP contribution in [0.25, 0.3) is 0 Å². The van der Waals surface area contributed by atoms with Gasteiger partial charge in [-0.15, -0.1) is 0 Å². The first-order chi connectivity index (χ1) is 8.92. The first kappa shape index (κ1) is 13.6. The second-order valence-electron chi connectivity index (χ2n) is 3.66. The molecule has 0 unspecified atom stereocenters. The Kier molecular flexibility index (Phi) is 3.59. The molecule has 0 spiro atoms. The summed E-state index contributed by atoms with van der Waals surface area (Å²) in [5.41, 5.74) is -0.282. The molecule has 0 atom stereocenters. The Balaban J connectivity index is 2.40. The molecule has 6 nitrogen and oxygen atoms in total. The number of carboxylic acids is 1. The Labute approximate surface area is 113 Å². The average molecular weight is 302 g/mol. The molecule has 0 saturated heterocycles. The van der Waals surface area contributed by atoms with Gasteiger partial charge in [-0.3, -0.25) is 0 Å². The van der Waals surface area contributed by atoms with Gasteiger partial charge in [0.05, 0.1) is 16.1 Å². The van der Waals surface area contributed by atoms with Crippen molar-refractivity contribution in [1.29, 1.82) is 0 Å². The Morgan fingerprint density at radius 2 is 2.05 bits per heavy atom. The molecule has 0 fully saturated rings. The quantitative estimate of drug-likeness (QED) is 0.927. The third-order valence-electron chi connectivity index (χ3n) is 2.37. The van der Waals surface area contributed by atoms with Crippen molar-refractivity contribution >= 4 is 27.4 Å². The van der Waals surface area contributed by atoms with Crippen molar-refractivity contribution in [3.05, 3.63) is 46.8 Å². The van der Waals surface area contributed by atoms with E-state index in [1.807, 2.05) is 0 Å². The summed E-state index contributed by atoms with van der Waals surface area (Å²) in [6.45, 7) is 0. The van der Waals surface area contributed by atoms with Crippen LogP contribution in [0.3, 0.4) is 0 Å². The van der Waals surface area contributed by atoms with Gasteiger partial charge in [-0.1, -0.05) is 28.9 Å². The molecule has 0 aliphatic rings. The van der Waals surface area contributed by atoms with Gasteiger partial charge in [0, 0.05) is 0 Å². The minimum absolute atomic E-state index is 0.0684. The van der Waals surface area contributed by atoms with E-state index in [1.165, 1.54) is 18.2 Å². The molecule has 1 aromatic heterocycles. The number of aromatic carboxylic acids is 1. The molecule has 1 heterocycles. The second-order valence-corrected chi connectivity index (χ2v) is 6.02. The fourth-order valence-corrected chi connectivity index (χ4v) is 3.34. The molecule has 8 heteroatoms. The predicted octanol–water partition coefficient (Wildman–Crippen LogP) is 2.00. The monoisotopic (exact) mass is 301 g/mol. The summed E-state index contributed by atoms with van der Waals surface area (Å²) >= 11 is 5.81. The molecule has 0 aliphatic heterocycles. The van der Waals surface area contributed by atoms with Gasteiger partial charge in [-0.2, -0.15) is 0 Å². The molecule has 0 bridgehead atoms. The van der Waals surface area contributed by atoms with Crippen molar-refractivity contribution in [1.82, 2.24) is 5.16 Å². The van der Waals surface area contributed by atoms with Crippen LogP contribution in [0.15, 0.2) is 39.9 Å². The first-order valence-corrected chi connectivity index (χ1v) is 7.09. The fourth-order valence-electron chi connectivity index (χ4n) is 1.49. The lowest BCUT2D eigenvalue weighted by Gasteiger charge is -2.04. The maximum atomic E-state index is 12.1. The number of benzene rings is 1. The molecule has 1 N–H and O–H groups in total. The molecule has 1 aromatic carbocycles. The van der Waals surface area contributed by atoms with Gasteiger partial charge in [-0.25, -0.2) is 13.2 Å². The highest BCUT2D eigenvalue weighted by atomic mass is 35.5. The molecule has 0 amide bonds. The minimum atomic E-state index is -3.80. The Morgan fingerprint density at radius 3 is 2.68 bits per heavy atom. The van der Waals surface area contributed by atoms with E-state index in [2.05, 4.69) is 9.68 Å². The third-order valence-corrected chi connectivity index (χ3v) is 4.48. The highest BCUT2D eigenvalue weighted by Crippen LogP contribution is 2.25. The zero-order chi connectivity index (χ0) is 14.0. The largest absolute Gasteiger partial charge is 0.478 e. The van der Waals surface area contributed by atoms with Gasteiger partial charge in [0.2, 0.25) is 0 Å². The van der Waals surface area contributed by atoms with Crippen molar-refractivity contribution in [2.75, 3.05) is 0 Å². The van der Waals surface area contributed by atoms with Crippen LogP contribution in [-0.4, -0.2) is 24.7 Å². The number of halogens is 1. The molecule has 0 aliphatic carbocycles. The Bertz CT molecular complexity index is 722.